The van der Waals surface area contributed by atoms with Crippen molar-refractivity contribution in [3.05, 3.63) is 59.0 Å². The SMILES string of the molecule is O=C(C1CC1)N(Cc1ccccc1)C[C@@H]1CC(c2ccc(Cl)o2)=NO1. The molecule has 4 rings (SSSR count). The number of nitrogens with zero attached hydrogens (tertiary/aromatic N) is 2. The quantitative estimate of drug-likeness (QED) is 0.787. The van der Waals surface area contributed by atoms with E-state index in [2.05, 4.69) is 5.16 Å². The minimum atomic E-state index is -0.162. The van der Waals surface area contributed by atoms with Gasteiger partial charge in [-0.2, -0.15) is 0 Å². The maximum absolute atomic E-state index is 12.6. The molecular weight excluding hydrogens is 340 g/mol. The van der Waals surface area contributed by atoms with Gasteiger partial charge in [0.05, 0.1) is 6.54 Å². The predicted molar refractivity (Wildman–Crippen MR) is 94.3 cm³/mol. The van der Waals surface area contributed by atoms with Crippen LogP contribution in [0.15, 0.2) is 52.0 Å². The number of furan rings is 1. The summed E-state index contributed by atoms with van der Waals surface area (Å²) in [6, 6.07) is 13.5. The molecular formula is C19H19ClN2O3. The van der Waals surface area contributed by atoms with Crippen LogP contribution in [-0.4, -0.2) is 29.2 Å². The number of carbonyl (C=O) groups is 1. The molecule has 1 saturated carbocycles. The van der Waals surface area contributed by atoms with Crippen LogP contribution in [-0.2, 0) is 16.2 Å². The third kappa shape index (κ3) is 3.87. The molecule has 1 fully saturated rings. The average molecular weight is 359 g/mol. The van der Waals surface area contributed by atoms with Crippen LogP contribution >= 0.6 is 11.6 Å². The Labute approximate surface area is 151 Å². The van der Waals surface area contributed by atoms with E-state index < -0.39 is 0 Å². The molecule has 1 aromatic carbocycles. The molecule has 1 aliphatic carbocycles. The normalized spacial score (nSPS) is 19.4. The summed E-state index contributed by atoms with van der Waals surface area (Å²) in [4.78, 5) is 20.1. The van der Waals surface area contributed by atoms with Gasteiger partial charge in [0, 0.05) is 18.9 Å². The molecule has 0 radical (unpaired) electrons. The predicted octanol–water partition coefficient (Wildman–Crippen LogP) is 3.86. The van der Waals surface area contributed by atoms with Gasteiger partial charge in [-0.1, -0.05) is 35.5 Å². The van der Waals surface area contributed by atoms with Crippen LogP contribution in [0.4, 0.5) is 0 Å². The number of hydrogen-bond donors (Lipinski definition) is 0. The summed E-state index contributed by atoms with van der Waals surface area (Å²) < 4.78 is 5.39. The molecule has 2 aromatic rings. The van der Waals surface area contributed by atoms with Crippen molar-refractivity contribution in [3.8, 4) is 0 Å². The molecule has 0 saturated heterocycles. The second-order valence-corrected chi connectivity index (χ2v) is 6.92. The first-order valence-corrected chi connectivity index (χ1v) is 8.88. The minimum Gasteiger partial charge on any atom is -0.443 e. The fraction of sp³-hybridized carbons (Fsp3) is 0.368. The van der Waals surface area contributed by atoms with E-state index in [1.807, 2.05) is 35.2 Å². The zero-order chi connectivity index (χ0) is 17.2. The summed E-state index contributed by atoms with van der Waals surface area (Å²) in [6.45, 7) is 1.11. The maximum atomic E-state index is 12.6. The summed E-state index contributed by atoms with van der Waals surface area (Å²) in [5.41, 5.74) is 1.85. The van der Waals surface area contributed by atoms with E-state index in [1.54, 1.807) is 12.1 Å². The average Bonchev–Trinajstić information content (AvgIpc) is 3.22. The van der Waals surface area contributed by atoms with Crippen molar-refractivity contribution in [1.82, 2.24) is 4.90 Å². The number of halogens is 1. The lowest BCUT2D eigenvalue weighted by atomic mass is 10.1. The molecule has 5 nitrogen and oxygen atoms in total. The van der Waals surface area contributed by atoms with Crippen molar-refractivity contribution in [3.63, 3.8) is 0 Å². The summed E-state index contributed by atoms with van der Waals surface area (Å²) in [5.74, 6) is 1.01. The lowest BCUT2D eigenvalue weighted by molar-refractivity contribution is -0.135. The van der Waals surface area contributed by atoms with E-state index >= 15 is 0 Å². The molecule has 0 N–H and O–H groups in total. The second kappa shape index (κ2) is 6.92. The highest BCUT2D eigenvalue weighted by Gasteiger charge is 2.36. The number of carbonyl (C=O) groups excluding carboxylic acids is 1. The van der Waals surface area contributed by atoms with Crippen LogP contribution in [0, 0.1) is 5.92 Å². The number of hydrogen-bond acceptors (Lipinski definition) is 4. The molecule has 1 amide bonds. The Morgan fingerprint density at radius 1 is 1.20 bits per heavy atom. The van der Waals surface area contributed by atoms with Crippen molar-refractivity contribution in [1.29, 1.82) is 0 Å². The zero-order valence-electron chi connectivity index (χ0n) is 13.7. The lowest BCUT2D eigenvalue weighted by Gasteiger charge is -2.25. The van der Waals surface area contributed by atoms with Gasteiger partial charge in [-0.25, -0.2) is 0 Å². The number of amides is 1. The Balaban J connectivity index is 1.41. The van der Waals surface area contributed by atoms with E-state index in [1.165, 1.54) is 0 Å². The van der Waals surface area contributed by atoms with Gasteiger partial charge in [-0.3, -0.25) is 4.79 Å². The lowest BCUT2D eigenvalue weighted by Crippen LogP contribution is -2.38. The van der Waals surface area contributed by atoms with Crippen LogP contribution in [0.2, 0.25) is 5.22 Å². The van der Waals surface area contributed by atoms with E-state index in [4.69, 9.17) is 20.9 Å². The van der Waals surface area contributed by atoms with Crippen LogP contribution in [0.5, 0.6) is 0 Å². The monoisotopic (exact) mass is 358 g/mol. The molecule has 25 heavy (non-hydrogen) atoms. The first-order chi connectivity index (χ1) is 12.2. The van der Waals surface area contributed by atoms with Crippen LogP contribution < -0.4 is 0 Å². The molecule has 6 heteroatoms. The summed E-state index contributed by atoms with van der Waals surface area (Å²) >= 11 is 5.82. The summed E-state index contributed by atoms with van der Waals surface area (Å²) in [6.07, 6.45) is 2.42. The third-order valence-electron chi connectivity index (χ3n) is 4.47. The van der Waals surface area contributed by atoms with E-state index in [9.17, 15) is 4.79 Å². The second-order valence-electron chi connectivity index (χ2n) is 6.55. The first kappa shape index (κ1) is 16.2. The van der Waals surface area contributed by atoms with Gasteiger partial charge in [0.15, 0.2) is 17.1 Å². The molecule has 130 valence electrons. The van der Waals surface area contributed by atoms with Gasteiger partial charge in [-0.15, -0.1) is 0 Å². The highest BCUT2D eigenvalue weighted by Crippen LogP contribution is 2.32. The fourth-order valence-electron chi connectivity index (χ4n) is 3.01. The molecule has 2 heterocycles. The summed E-state index contributed by atoms with van der Waals surface area (Å²) in [7, 11) is 0. The van der Waals surface area contributed by atoms with Crippen LogP contribution in [0.1, 0.15) is 30.6 Å². The molecule has 0 spiro atoms. The Morgan fingerprint density at radius 2 is 2.00 bits per heavy atom. The van der Waals surface area contributed by atoms with Gasteiger partial charge in [0.1, 0.15) is 5.71 Å². The Hall–Kier alpha value is -2.27. The smallest absolute Gasteiger partial charge is 0.226 e. The van der Waals surface area contributed by atoms with Crippen molar-refractivity contribution >= 4 is 23.2 Å². The standard InChI is InChI=1S/C19H19ClN2O3/c20-18-9-8-17(24-18)16-10-15(25-21-16)12-22(19(23)14-6-7-14)11-13-4-2-1-3-5-13/h1-5,8-9,14-15H,6-7,10-12H2/t15-/m0/s1. The number of benzene rings is 1. The Morgan fingerprint density at radius 3 is 2.68 bits per heavy atom. The molecule has 0 unspecified atom stereocenters. The van der Waals surface area contributed by atoms with Crippen molar-refractivity contribution in [2.45, 2.75) is 31.9 Å². The van der Waals surface area contributed by atoms with Gasteiger partial charge in [0.2, 0.25) is 5.91 Å². The van der Waals surface area contributed by atoms with Crippen LogP contribution in [0.3, 0.4) is 0 Å². The Bertz CT molecular complexity index is 783. The topological polar surface area (TPSA) is 55.0 Å². The molecule has 1 atom stereocenters. The highest BCUT2D eigenvalue weighted by atomic mass is 35.5. The van der Waals surface area contributed by atoms with Crippen molar-refractivity contribution < 1.29 is 14.0 Å². The van der Waals surface area contributed by atoms with E-state index in [0.29, 0.717) is 30.5 Å². The molecule has 1 aliphatic heterocycles. The van der Waals surface area contributed by atoms with Gasteiger partial charge < -0.3 is 14.2 Å². The number of oxime groups is 1. The summed E-state index contributed by atoms with van der Waals surface area (Å²) in [5, 5.41) is 4.44. The van der Waals surface area contributed by atoms with Crippen molar-refractivity contribution in [2.75, 3.05) is 6.54 Å². The third-order valence-corrected chi connectivity index (χ3v) is 4.67. The largest absolute Gasteiger partial charge is 0.443 e. The van der Waals surface area contributed by atoms with Gasteiger partial charge in [0.25, 0.3) is 0 Å². The maximum Gasteiger partial charge on any atom is 0.226 e. The molecule has 2 aliphatic rings. The van der Waals surface area contributed by atoms with E-state index in [0.717, 1.165) is 24.1 Å². The minimum absolute atomic E-state index is 0.162. The van der Waals surface area contributed by atoms with Gasteiger partial charge in [-0.05, 0) is 42.1 Å². The number of rotatable bonds is 6. The van der Waals surface area contributed by atoms with Crippen molar-refractivity contribution in [2.24, 2.45) is 11.1 Å². The first-order valence-electron chi connectivity index (χ1n) is 8.50. The van der Waals surface area contributed by atoms with Gasteiger partial charge >= 0.3 is 0 Å². The zero-order valence-corrected chi connectivity index (χ0v) is 14.5. The van der Waals surface area contributed by atoms with E-state index in [-0.39, 0.29) is 17.9 Å². The molecule has 0 bridgehead atoms. The Kier molecular flexibility index (Phi) is 4.49. The highest BCUT2D eigenvalue weighted by molar-refractivity contribution is 6.29. The fourth-order valence-corrected chi connectivity index (χ4v) is 3.16. The molecule has 1 aromatic heterocycles. The van der Waals surface area contributed by atoms with Crippen LogP contribution in [0.25, 0.3) is 0 Å².